The molecule has 0 aliphatic carbocycles. The first-order chi connectivity index (χ1) is 8.90. The molecule has 0 spiro atoms. The summed E-state index contributed by atoms with van der Waals surface area (Å²) in [5, 5.41) is 6.69. The van der Waals surface area contributed by atoms with Crippen molar-refractivity contribution in [1.29, 1.82) is 0 Å². The lowest BCUT2D eigenvalue weighted by molar-refractivity contribution is 0.101. The molecule has 1 amide bonds. The van der Waals surface area contributed by atoms with Crippen LogP contribution < -0.4 is 5.32 Å². The highest BCUT2D eigenvalue weighted by Crippen LogP contribution is 2.22. The number of amides is 1. The summed E-state index contributed by atoms with van der Waals surface area (Å²) in [4.78, 5) is 12.2. The Bertz CT molecular complexity index is 652. The summed E-state index contributed by atoms with van der Waals surface area (Å²) in [7, 11) is 1.67. The number of carbonyl (C=O) groups excluding carboxylic acids is 1. The normalized spacial score (nSPS) is 10.6. The number of rotatable bonds is 2. The van der Waals surface area contributed by atoms with Gasteiger partial charge in [-0.3, -0.25) is 9.48 Å². The number of aromatic nitrogens is 2. The zero-order valence-electron chi connectivity index (χ0n) is 10.8. The van der Waals surface area contributed by atoms with Crippen molar-refractivity contribution >= 4 is 27.5 Å². The van der Waals surface area contributed by atoms with E-state index >= 15 is 0 Å². The van der Waals surface area contributed by atoms with Crippen LogP contribution in [0.3, 0.4) is 0 Å². The zero-order valence-corrected chi connectivity index (χ0v) is 12.4. The SMILES string of the molecule is Cc1ccc(F)c(NC(=O)c2c(Br)c(C)nn2C)c1. The average molecular weight is 326 g/mol. The van der Waals surface area contributed by atoms with Crippen LogP contribution in [0.25, 0.3) is 0 Å². The number of carbonyl (C=O) groups is 1. The molecule has 2 rings (SSSR count). The van der Waals surface area contributed by atoms with Crippen LogP contribution in [0.5, 0.6) is 0 Å². The van der Waals surface area contributed by atoms with E-state index in [0.29, 0.717) is 15.9 Å². The van der Waals surface area contributed by atoms with Crippen molar-refractivity contribution in [2.75, 3.05) is 5.32 Å². The highest BCUT2D eigenvalue weighted by molar-refractivity contribution is 9.10. The average Bonchev–Trinajstić information content (AvgIpc) is 2.58. The molecule has 0 saturated heterocycles. The Hall–Kier alpha value is -1.69. The smallest absolute Gasteiger partial charge is 0.275 e. The van der Waals surface area contributed by atoms with Gasteiger partial charge < -0.3 is 5.32 Å². The van der Waals surface area contributed by atoms with Crippen molar-refractivity contribution < 1.29 is 9.18 Å². The minimum atomic E-state index is -0.464. The van der Waals surface area contributed by atoms with E-state index in [0.717, 1.165) is 5.56 Å². The summed E-state index contributed by atoms with van der Waals surface area (Å²) in [6.45, 7) is 3.62. The summed E-state index contributed by atoms with van der Waals surface area (Å²) in [5.74, 6) is -0.867. The van der Waals surface area contributed by atoms with Gasteiger partial charge in [0.1, 0.15) is 11.5 Å². The van der Waals surface area contributed by atoms with Gasteiger partial charge in [-0.25, -0.2) is 4.39 Å². The first kappa shape index (κ1) is 13.7. The predicted molar refractivity (Wildman–Crippen MR) is 74.7 cm³/mol. The molecule has 0 unspecified atom stereocenters. The van der Waals surface area contributed by atoms with Crippen LogP contribution in [0.1, 0.15) is 21.7 Å². The Labute approximate surface area is 118 Å². The molecule has 1 heterocycles. The van der Waals surface area contributed by atoms with Crippen LogP contribution >= 0.6 is 15.9 Å². The van der Waals surface area contributed by atoms with E-state index < -0.39 is 11.7 Å². The minimum absolute atomic E-state index is 0.163. The Morgan fingerprint density at radius 2 is 2.11 bits per heavy atom. The van der Waals surface area contributed by atoms with Gasteiger partial charge in [0, 0.05) is 7.05 Å². The van der Waals surface area contributed by atoms with E-state index in [1.54, 1.807) is 26.1 Å². The van der Waals surface area contributed by atoms with Crippen molar-refractivity contribution in [3.8, 4) is 0 Å². The Morgan fingerprint density at radius 1 is 1.42 bits per heavy atom. The van der Waals surface area contributed by atoms with Crippen LogP contribution in [0.4, 0.5) is 10.1 Å². The van der Waals surface area contributed by atoms with Gasteiger partial charge in [-0.1, -0.05) is 6.07 Å². The molecule has 1 N–H and O–H groups in total. The predicted octanol–water partition coefficient (Wildman–Crippen LogP) is 3.19. The number of benzene rings is 1. The number of aryl methyl sites for hydroxylation is 3. The molecule has 0 aliphatic rings. The lowest BCUT2D eigenvalue weighted by Crippen LogP contribution is -2.17. The maximum atomic E-state index is 13.6. The summed E-state index contributed by atoms with van der Waals surface area (Å²) >= 11 is 3.31. The first-order valence-electron chi connectivity index (χ1n) is 5.66. The fourth-order valence-electron chi connectivity index (χ4n) is 1.80. The van der Waals surface area contributed by atoms with Crippen LogP contribution in [-0.4, -0.2) is 15.7 Å². The molecule has 0 fully saturated rings. The molecule has 100 valence electrons. The lowest BCUT2D eigenvalue weighted by Gasteiger charge is -2.08. The van der Waals surface area contributed by atoms with Crippen molar-refractivity contribution in [3.05, 3.63) is 45.4 Å². The Balaban J connectivity index is 2.33. The maximum absolute atomic E-state index is 13.6. The highest BCUT2D eigenvalue weighted by Gasteiger charge is 2.19. The van der Waals surface area contributed by atoms with Crippen LogP contribution in [0.15, 0.2) is 22.7 Å². The summed E-state index contributed by atoms with van der Waals surface area (Å²) in [6, 6.07) is 4.56. The van der Waals surface area contributed by atoms with Crippen molar-refractivity contribution in [2.45, 2.75) is 13.8 Å². The zero-order chi connectivity index (χ0) is 14.2. The summed E-state index contributed by atoms with van der Waals surface area (Å²) < 4.78 is 15.7. The highest BCUT2D eigenvalue weighted by atomic mass is 79.9. The largest absolute Gasteiger partial charge is 0.318 e. The van der Waals surface area contributed by atoms with Crippen LogP contribution in [0, 0.1) is 19.7 Å². The topological polar surface area (TPSA) is 46.9 Å². The van der Waals surface area contributed by atoms with Crippen molar-refractivity contribution in [2.24, 2.45) is 7.05 Å². The third-order valence-corrected chi connectivity index (χ3v) is 3.68. The molecule has 2 aromatic rings. The third kappa shape index (κ3) is 2.68. The molecule has 4 nitrogen and oxygen atoms in total. The van der Waals surface area contributed by atoms with E-state index in [1.807, 2.05) is 6.92 Å². The second-order valence-electron chi connectivity index (χ2n) is 4.31. The van der Waals surface area contributed by atoms with Gasteiger partial charge in [0.05, 0.1) is 15.9 Å². The van der Waals surface area contributed by atoms with Gasteiger partial charge in [0.2, 0.25) is 0 Å². The monoisotopic (exact) mass is 325 g/mol. The standard InChI is InChI=1S/C13H13BrFN3O/c1-7-4-5-9(15)10(6-7)16-13(19)12-11(14)8(2)17-18(12)3/h4-6H,1-3H3,(H,16,19). The van der Waals surface area contributed by atoms with E-state index in [-0.39, 0.29) is 5.69 Å². The number of halogens is 2. The van der Waals surface area contributed by atoms with Gasteiger partial charge in [0.15, 0.2) is 0 Å². The molecular weight excluding hydrogens is 313 g/mol. The van der Waals surface area contributed by atoms with Gasteiger partial charge in [-0.05, 0) is 47.5 Å². The fraction of sp³-hybridized carbons (Fsp3) is 0.231. The molecule has 0 atom stereocenters. The number of hydrogen-bond acceptors (Lipinski definition) is 2. The van der Waals surface area contributed by atoms with Crippen molar-refractivity contribution in [3.63, 3.8) is 0 Å². The summed E-state index contributed by atoms with van der Waals surface area (Å²) in [6.07, 6.45) is 0. The van der Waals surface area contributed by atoms with Crippen LogP contribution in [0.2, 0.25) is 0 Å². The van der Waals surface area contributed by atoms with Gasteiger partial charge >= 0.3 is 0 Å². The number of nitrogens with zero attached hydrogens (tertiary/aromatic N) is 2. The van der Waals surface area contributed by atoms with Crippen molar-refractivity contribution in [1.82, 2.24) is 9.78 Å². The fourth-order valence-corrected chi connectivity index (χ4v) is 2.31. The Kier molecular flexibility index (Phi) is 3.71. The molecule has 0 bridgehead atoms. The van der Waals surface area contributed by atoms with E-state index in [4.69, 9.17) is 0 Å². The van der Waals surface area contributed by atoms with Crippen LogP contribution in [-0.2, 0) is 7.05 Å². The second kappa shape index (κ2) is 5.13. The first-order valence-corrected chi connectivity index (χ1v) is 6.46. The molecule has 6 heteroatoms. The quantitative estimate of drug-likeness (QED) is 0.921. The van der Waals surface area contributed by atoms with Gasteiger partial charge in [-0.2, -0.15) is 5.10 Å². The third-order valence-electron chi connectivity index (χ3n) is 2.73. The number of nitrogens with one attached hydrogen (secondary N) is 1. The minimum Gasteiger partial charge on any atom is -0.318 e. The molecule has 0 aliphatic heterocycles. The molecule has 0 saturated carbocycles. The lowest BCUT2D eigenvalue weighted by atomic mass is 10.2. The molecule has 1 aromatic heterocycles. The van der Waals surface area contributed by atoms with Gasteiger partial charge in [0.25, 0.3) is 5.91 Å². The number of anilines is 1. The van der Waals surface area contributed by atoms with E-state index in [1.165, 1.54) is 10.7 Å². The van der Waals surface area contributed by atoms with E-state index in [9.17, 15) is 9.18 Å². The molecular formula is C13H13BrFN3O. The molecule has 19 heavy (non-hydrogen) atoms. The summed E-state index contributed by atoms with van der Waals surface area (Å²) in [5.41, 5.74) is 2.10. The molecule has 0 radical (unpaired) electrons. The Morgan fingerprint density at radius 3 is 2.68 bits per heavy atom. The maximum Gasteiger partial charge on any atom is 0.275 e. The number of hydrogen-bond donors (Lipinski definition) is 1. The van der Waals surface area contributed by atoms with Gasteiger partial charge in [-0.15, -0.1) is 0 Å². The second-order valence-corrected chi connectivity index (χ2v) is 5.10. The van der Waals surface area contributed by atoms with E-state index in [2.05, 4.69) is 26.3 Å². The molecule has 1 aromatic carbocycles.